The second kappa shape index (κ2) is 7.18. The van der Waals surface area contributed by atoms with E-state index < -0.39 is 6.36 Å². The summed E-state index contributed by atoms with van der Waals surface area (Å²) in [5, 5.41) is 3.11. The highest BCUT2D eigenvalue weighted by Gasteiger charge is 2.30. The van der Waals surface area contributed by atoms with Crippen molar-refractivity contribution < 1.29 is 22.3 Å². The van der Waals surface area contributed by atoms with Gasteiger partial charge in [0.2, 0.25) is 5.89 Å². The minimum Gasteiger partial charge on any atom is -0.434 e. The van der Waals surface area contributed by atoms with E-state index >= 15 is 0 Å². The minimum absolute atomic E-state index is 0.263. The lowest BCUT2D eigenvalue weighted by Crippen LogP contribution is -2.17. The van der Waals surface area contributed by atoms with E-state index in [2.05, 4.69) is 25.0 Å². The second-order valence-corrected chi connectivity index (χ2v) is 5.82. The van der Waals surface area contributed by atoms with Crippen LogP contribution >= 0.6 is 0 Å². The maximum Gasteiger partial charge on any atom is 0.573 e. The largest absolute Gasteiger partial charge is 0.573 e. The molecule has 0 amide bonds. The van der Waals surface area contributed by atoms with Crippen LogP contribution in [0.2, 0.25) is 0 Å². The first-order chi connectivity index (χ1) is 13.5. The van der Waals surface area contributed by atoms with Gasteiger partial charge in [-0.25, -0.2) is 9.97 Å². The topological polar surface area (TPSA) is 73.1 Å². The molecule has 4 rings (SSSR count). The summed E-state index contributed by atoms with van der Waals surface area (Å²) in [4.78, 5) is 12.7. The van der Waals surface area contributed by atoms with Crippen LogP contribution in [0.1, 0.15) is 5.56 Å². The molecule has 0 saturated carbocycles. The molecule has 0 unspecified atom stereocenters. The summed E-state index contributed by atoms with van der Waals surface area (Å²) < 4.78 is 46.1. The number of nitrogens with zero attached hydrogens (tertiary/aromatic N) is 3. The Bertz CT molecular complexity index is 1060. The normalized spacial score (nSPS) is 11.5. The molecule has 3 aromatic heterocycles. The zero-order valence-corrected chi connectivity index (χ0v) is 14.3. The molecule has 3 heterocycles. The van der Waals surface area contributed by atoms with Gasteiger partial charge >= 0.3 is 6.36 Å². The molecule has 4 aromatic rings. The summed E-state index contributed by atoms with van der Waals surface area (Å²) in [6, 6.07) is 12.7. The Morgan fingerprint density at radius 2 is 1.82 bits per heavy atom. The van der Waals surface area contributed by atoms with Crippen LogP contribution in [-0.4, -0.2) is 21.3 Å². The molecule has 1 N–H and O–H groups in total. The van der Waals surface area contributed by atoms with Gasteiger partial charge in [0.1, 0.15) is 11.6 Å². The van der Waals surface area contributed by atoms with Gasteiger partial charge in [0.05, 0.1) is 0 Å². The Hall–Kier alpha value is -3.62. The number of alkyl halides is 3. The fourth-order valence-electron chi connectivity index (χ4n) is 2.55. The third-order valence-electron chi connectivity index (χ3n) is 3.80. The molecule has 0 aliphatic heterocycles. The number of oxazole rings is 1. The minimum atomic E-state index is -4.70. The van der Waals surface area contributed by atoms with E-state index in [-0.39, 0.29) is 5.75 Å². The molecule has 6 nitrogen and oxygen atoms in total. The van der Waals surface area contributed by atoms with Gasteiger partial charge in [-0.15, -0.1) is 13.2 Å². The van der Waals surface area contributed by atoms with E-state index in [1.165, 1.54) is 12.1 Å². The molecule has 142 valence electrons. The van der Waals surface area contributed by atoms with Gasteiger partial charge in [0, 0.05) is 24.5 Å². The first-order valence-electron chi connectivity index (χ1n) is 8.23. The third-order valence-corrected chi connectivity index (χ3v) is 3.80. The van der Waals surface area contributed by atoms with E-state index in [0.29, 0.717) is 29.5 Å². The summed E-state index contributed by atoms with van der Waals surface area (Å²) in [7, 11) is 0. The Kier molecular flexibility index (Phi) is 4.56. The molecule has 9 heteroatoms. The Morgan fingerprint density at radius 3 is 2.57 bits per heavy atom. The number of aromatic nitrogens is 3. The first kappa shape index (κ1) is 17.8. The number of benzene rings is 1. The van der Waals surface area contributed by atoms with E-state index in [0.717, 1.165) is 11.1 Å². The number of fused-ring (bicyclic) bond motifs is 1. The van der Waals surface area contributed by atoms with Crippen LogP contribution in [0.15, 0.2) is 65.3 Å². The fraction of sp³-hybridized carbons (Fsp3) is 0.105. The molecule has 0 aliphatic carbocycles. The average Bonchev–Trinajstić information content (AvgIpc) is 3.11. The molecule has 0 bridgehead atoms. The van der Waals surface area contributed by atoms with Crippen LogP contribution in [-0.2, 0) is 6.54 Å². The van der Waals surface area contributed by atoms with Crippen LogP contribution in [0.25, 0.3) is 22.7 Å². The number of hydrogen-bond donors (Lipinski definition) is 1. The maximum atomic E-state index is 12.2. The molecule has 0 spiro atoms. The van der Waals surface area contributed by atoms with Gasteiger partial charge in [-0.2, -0.15) is 4.98 Å². The molecule has 0 saturated heterocycles. The van der Waals surface area contributed by atoms with Crippen LogP contribution in [0.4, 0.5) is 19.0 Å². The Labute approximate surface area is 157 Å². The third kappa shape index (κ3) is 4.20. The monoisotopic (exact) mass is 386 g/mol. The van der Waals surface area contributed by atoms with Crippen LogP contribution in [0, 0.1) is 0 Å². The van der Waals surface area contributed by atoms with Crippen molar-refractivity contribution in [1.29, 1.82) is 0 Å². The summed E-state index contributed by atoms with van der Waals surface area (Å²) in [6.07, 6.45) is -1.45. The van der Waals surface area contributed by atoms with Crippen molar-refractivity contribution in [3.8, 4) is 17.2 Å². The highest BCUT2D eigenvalue weighted by molar-refractivity contribution is 5.72. The Balaban J connectivity index is 1.45. The fourth-order valence-corrected chi connectivity index (χ4v) is 2.55. The van der Waals surface area contributed by atoms with Crippen molar-refractivity contribution in [3.05, 3.63) is 66.5 Å². The Morgan fingerprint density at radius 1 is 1.00 bits per heavy atom. The van der Waals surface area contributed by atoms with E-state index in [4.69, 9.17) is 4.42 Å². The number of nitrogens with one attached hydrogen (secondary N) is 1. The van der Waals surface area contributed by atoms with Crippen LogP contribution in [0.5, 0.6) is 5.75 Å². The molecule has 0 atom stereocenters. The maximum absolute atomic E-state index is 12.2. The molecule has 0 fully saturated rings. The standard InChI is InChI=1S/C19H13F3N4O2/c20-19(21,22)28-14-5-3-12(4-6-14)11-25-16-10-13(7-9-23-16)18-26-17-15(27-18)2-1-8-24-17/h1-10H,11H2,(H,23,25). The molecule has 28 heavy (non-hydrogen) atoms. The van der Waals surface area contributed by atoms with E-state index in [9.17, 15) is 13.2 Å². The lowest BCUT2D eigenvalue weighted by molar-refractivity contribution is -0.274. The lowest BCUT2D eigenvalue weighted by atomic mass is 10.2. The van der Waals surface area contributed by atoms with Crippen molar-refractivity contribution >= 4 is 17.0 Å². The average molecular weight is 386 g/mol. The smallest absolute Gasteiger partial charge is 0.434 e. The summed E-state index contributed by atoms with van der Waals surface area (Å²) in [5.74, 6) is 0.733. The van der Waals surface area contributed by atoms with Crippen molar-refractivity contribution in [2.24, 2.45) is 0 Å². The van der Waals surface area contributed by atoms with Gasteiger partial charge in [-0.3, -0.25) is 0 Å². The number of rotatable bonds is 5. The number of halogens is 3. The summed E-state index contributed by atoms with van der Waals surface area (Å²) in [5.41, 5.74) is 2.60. The summed E-state index contributed by atoms with van der Waals surface area (Å²) >= 11 is 0. The van der Waals surface area contributed by atoms with E-state index in [1.807, 2.05) is 0 Å². The van der Waals surface area contributed by atoms with Crippen molar-refractivity contribution in [2.45, 2.75) is 12.9 Å². The molecule has 1 aromatic carbocycles. The highest BCUT2D eigenvalue weighted by Crippen LogP contribution is 2.25. The first-order valence-corrected chi connectivity index (χ1v) is 8.23. The predicted molar refractivity (Wildman–Crippen MR) is 95.5 cm³/mol. The molecular formula is C19H13F3N4O2. The lowest BCUT2D eigenvalue weighted by Gasteiger charge is -2.10. The quantitative estimate of drug-likeness (QED) is 0.531. The van der Waals surface area contributed by atoms with Crippen LogP contribution in [0.3, 0.4) is 0 Å². The van der Waals surface area contributed by atoms with Gasteiger partial charge in [-0.1, -0.05) is 12.1 Å². The van der Waals surface area contributed by atoms with Crippen molar-refractivity contribution in [1.82, 2.24) is 15.0 Å². The molecule has 0 radical (unpaired) electrons. The zero-order chi connectivity index (χ0) is 19.6. The van der Waals surface area contributed by atoms with Crippen molar-refractivity contribution in [3.63, 3.8) is 0 Å². The number of anilines is 1. The number of pyridine rings is 2. The van der Waals surface area contributed by atoms with E-state index in [1.54, 1.807) is 48.8 Å². The second-order valence-electron chi connectivity index (χ2n) is 5.82. The molecule has 0 aliphatic rings. The highest BCUT2D eigenvalue weighted by atomic mass is 19.4. The zero-order valence-electron chi connectivity index (χ0n) is 14.3. The number of hydrogen-bond acceptors (Lipinski definition) is 6. The van der Waals surface area contributed by atoms with Gasteiger partial charge in [0.25, 0.3) is 0 Å². The van der Waals surface area contributed by atoms with Gasteiger partial charge < -0.3 is 14.5 Å². The van der Waals surface area contributed by atoms with Gasteiger partial charge in [-0.05, 0) is 42.0 Å². The van der Waals surface area contributed by atoms with Crippen LogP contribution < -0.4 is 10.1 Å². The SMILES string of the molecule is FC(F)(F)Oc1ccc(CNc2cc(-c3nc4ncccc4o3)ccn2)cc1. The number of ether oxygens (including phenoxy) is 1. The predicted octanol–water partition coefficient (Wildman–Crippen LogP) is 4.80. The van der Waals surface area contributed by atoms with Gasteiger partial charge in [0.15, 0.2) is 11.2 Å². The summed E-state index contributed by atoms with van der Waals surface area (Å²) in [6.45, 7) is 0.373. The molecular weight excluding hydrogens is 373 g/mol. The van der Waals surface area contributed by atoms with Crippen molar-refractivity contribution in [2.75, 3.05) is 5.32 Å².